The summed E-state index contributed by atoms with van der Waals surface area (Å²) in [6.45, 7) is 6.83. The van der Waals surface area contributed by atoms with Gasteiger partial charge in [-0.1, -0.05) is 26.0 Å². The maximum Gasteiger partial charge on any atom is 0.0266 e. The normalized spacial score (nSPS) is 30.1. The molecule has 0 radical (unpaired) electrons. The maximum atomic E-state index is 5.95. The number of benzene rings is 1. The van der Waals surface area contributed by atoms with Crippen molar-refractivity contribution in [2.45, 2.75) is 56.2 Å². The molecule has 1 nitrogen and oxygen atoms in total. The van der Waals surface area contributed by atoms with Crippen molar-refractivity contribution >= 4 is 11.8 Å². The van der Waals surface area contributed by atoms with Gasteiger partial charge >= 0.3 is 0 Å². The van der Waals surface area contributed by atoms with Crippen LogP contribution in [0.25, 0.3) is 0 Å². The van der Waals surface area contributed by atoms with Gasteiger partial charge in [0.1, 0.15) is 0 Å². The van der Waals surface area contributed by atoms with Crippen LogP contribution >= 0.6 is 11.8 Å². The number of rotatable bonds is 3. The summed E-state index contributed by atoms with van der Waals surface area (Å²) in [6.07, 6.45) is 4.12. The van der Waals surface area contributed by atoms with Crippen LogP contribution < -0.4 is 5.73 Å². The van der Waals surface area contributed by atoms with Crippen LogP contribution in [0, 0.1) is 11.8 Å². The van der Waals surface area contributed by atoms with Crippen molar-refractivity contribution in [3.8, 4) is 0 Å². The van der Waals surface area contributed by atoms with E-state index in [-0.39, 0.29) is 6.04 Å². The summed E-state index contributed by atoms with van der Waals surface area (Å²) in [5.74, 6) is 1.76. The molecule has 0 saturated heterocycles. The summed E-state index contributed by atoms with van der Waals surface area (Å²) in [4.78, 5) is 1.39. The highest BCUT2D eigenvalue weighted by molar-refractivity contribution is 8.00. The lowest BCUT2D eigenvalue weighted by Crippen LogP contribution is -2.21. The average molecular weight is 263 g/mol. The molecule has 1 fully saturated rings. The van der Waals surface area contributed by atoms with Crippen LogP contribution in [0.5, 0.6) is 0 Å². The number of hydrogen-bond acceptors (Lipinski definition) is 2. The largest absolute Gasteiger partial charge is 0.324 e. The van der Waals surface area contributed by atoms with Crippen LogP contribution in [0.15, 0.2) is 29.2 Å². The Balaban J connectivity index is 2.02. The Morgan fingerprint density at radius 3 is 2.44 bits per heavy atom. The van der Waals surface area contributed by atoms with E-state index < -0.39 is 0 Å². The minimum Gasteiger partial charge on any atom is -0.324 e. The molecule has 1 aliphatic carbocycles. The summed E-state index contributed by atoms with van der Waals surface area (Å²) < 4.78 is 0. The molecule has 2 heteroatoms. The lowest BCUT2D eigenvalue weighted by Gasteiger charge is -2.31. The predicted octanol–water partition coefficient (Wildman–Crippen LogP) is 4.62. The second-order valence-corrected chi connectivity index (χ2v) is 7.39. The number of hydrogen-bond donors (Lipinski definition) is 1. The van der Waals surface area contributed by atoms with E-state index in [2.05, 4.69) is 45.0 Å². The Hall–Kier alpha value is -0.470. The van der Waals surface area contributed by atoms with Crippen LogP contribution in [-0.2, 0) is 0 Å². The molecule has 0 spiro atoms. The Kier molecular flexibility index (Phi) is 4.74. The van der Waals surface area contributed by atoms with Crippen molar-refractivity contribution in [2.75, 3.05) is 0 Å². The second-order valence-electron chi connectivity index (χ2n) is 6.02. The van der Waals surface area contributed by atoms with Gasteiger partial charge in [0.25, 0.3) is 0 Å². The third-order valence-electron chi connectivity index (χ3n) is 3.82. The van der Waals surface area contributed by atoms with Crippen LogP contribution in [-0.4, -0.2) is 5.25 Å². The molecule has 0 bridgehead atoms. The van der Waals surface area contributed by atoms with Gasteiger partial charge < -0.3 is 5.73 Å². The average Bonchev–Trinajstić information content (AvgIpc) is 2.27. The monoisotopic (exact) mass is 263 g/mol. The molecule has 0 aliphatic heterocycles. The molecular weight excluding hydrogens is 238 g/mol. The number of nitrogens with two attached hydrogens (primary N) is 1. The molecule has 2 N–H and O–H groups in total. The Bertz CT molecular complexity index is 378. The van der Waals surface area contributed by atoms with Crippen molar-refractivity contribution in [3.05, 3.63) is 29.8 Å². The third-order valence-corrected chi connectivity index (χ3v) is 5.07. The summed E-state index contributed by atoms with van der Waals surface area (Å²) in [7, 11) is 0. The summed E-state index contributed by atoms with van der Waals surface area (Å²) in [6, 6.07) is 8.88. The van der Waals surface area contributed by atoms with Gasteiger partial charge in [0, 0.05) is 16.2 Å². The quantitative estimate of drug-likeness (QED) is 0.861. The highest BCUT2D eigenvalue weighted by Crippen LogP contribution is 2.38. The Morgan fingerprint density at radius 1 is 1.17 bits per heavy atom. The van der Waals surface area contributed by atoms with Crippen LogP contribution in [0.1, 0.15) is 51.6 Å². The van der Waals surface area contributed by atoms with E-state index >= 15 is 0 Å². The summed E-state index contributed by atoms with van der Waals surface area (Å²) >= 11 is 2.05. The molecule has 3 atom stereocenters. The standard InChI is InChI=1S/C16H25NS/c1-11-7-12(2)9-16(8-11)18-15-6-4-5-14(10-15)13(3)17/h4-6,10-13,16H,7-9,17H2,1-3H3. The minimum absolute atomic E-state index is 0.134. The fourth-order valence-electron chi connectivity index (χ4n) is 3.03. The SMILES string of the molecule is CC1CC(C)CC(Sc2cccc(C(C)N)c2)C1. The topological polar surface area (TPSA) is 26.0 Å². The highest BCUT2D eigenvalue weighted by Gasteiger charge is 2.24. The van der Waals surface area contributed by atoms with Crippen molar-refractivity contribution in [3.63, 3.8) is 0 Å². The van der Waals surface area contributed by atoms with Crippen molar-refractivity contribution in [1.82, 2.24) is 0 Å². The van der Waals surface area contributed by atoms with Crippen LogP contribution in [0.2, 0.25) is 0 Å². The van der Waals surface area contributed by atoms with Crippen molar-refractivity contribution in [1.29, 1.82) is 0 Å². The molecule has 0 heterocycles. The lowest BCUT2D eigenvalue weighted by molar-refractivity contribution is 0.309. The van der Waals surface area contributed by atoms with E-state index in [4.69, 9.17) is 5.73 Å². The molecule has 0 amide bonds. The molecule has 1 aromatic rings. The molecular formula is C16H25NS. The minimum atomic E-state index is 0.134. The van der Waals surface area contributed by atoms with E-state index in [1.165, 1.54) is 29.7 Å². The second kappa shape index (κ2) is 6.12. The fraction of sp³-hybridized carbons (Fsp3) is 0.625. The first-order valence-electron chi connectivity index (χ1n) is 7.06. The van der Waals surface area contributed by atoms with Gasteiger partial charge in [-0.05, 0) is 55.7 Å². The van der Waals surface area contributed by atoms with Gasteiger partial charge in [-0.15, -0.1) is 11.8 Å². The lowest BCUT2D eigenvalue weighted by atomic mass is 9.83. The predicted molar refractivity (Wildman–Crippen MR) is 80.9 cm³/mol. The molecule has 0 aromatic heterocycles. The van der Waals surface area contributed by atoms with E-state index in [1.54, 1.807) is 0 Å². The van der Waals surface area contributed by atoms with Crippen LogP contribution in [0.4, 0.5) is 0 Å². The zero-order valence-electron chi connectivity index (χ0n) is 11.7. The van der Waals surface area contributed by atoms with Crippen LogP contribution in [0.3, 0.4) is 0 Å². The first kappa shape index (κ1) is 14.0. The Labute approximate surface area is 116 Å². The van der Waals surface area contributed by atoms with Gasteiger partial charge in [0.05, 0.1) is 0 Å². The molecule has 3 unspecified atom stereocenters. The zero-order chi connectivity index (χ0) is 13.1. The van der Waals surface area contributed by atoms with Crippen molar-refractivity contribution in [2.24, 2.45) is 17.6 Å². The van der Waals surface area contributed by atoms with Gasteiger partial charge in [-0.2, -0.15) is 0 Å². The van der Waals surface area contributed by atoms with Gasteiger partial charge in [0.15, 0.2) is 0 Å². The maximum absolute atomic E-state index is 5.95. The fourth-order valence-corrected chi connectivity index (χ4v) is 4.63. The molecule has 18 heavy (non-hydrogen) atoms. The first-order valence-corrected chi connectivity index (χ1v) is 7.94. The summed E-state index contributed by atoms with van der Waals surface area (Å²) in [5.41, 5.74) is 7.20. The van der Waals surface area contributed by atoms with E-state index in [0.29, 0.717) is 0 Å². The van der Waals surface area contributed by atoms with E-state index in [1.807, 2.05) is 11.8 Å². The Morgan fingerprint density at radius 2 is 1.83 bits per heavy atom. The third kappa shape index (κ3) is 3.76. The molecule has 1 aromatic carbocycles. The molecule has 1 aliphatic rings. The molecule has 2 rings (SSSR count). The van der Waals surface area contributed by atoms with Gasteiger partial charge in [-0.3, -0.25) is 0 Å². The van der Waals surface area contributed by atoms with E-state index in [9.17, 15) is 0 Å². The smallest absolute Gasteiger partial charge is 0.0266 e. The number of thioether (sulfide) groups is 1. The first-order chi connectivity index (χ1) is 8.54. The van der Waals surface area contributed by atoms with Gasteiger partial charge in [0.2, 0.25) is 0 Å². The summed E-state index contributed by atoms with van der Waals surface area (Å²) in [5, 5.41) is 0.784. The van der Waals surface area contributed by atoms with Gasteiger partial charge in [-0.25, -0.2) is 0 Å². The molecule has 100 valence electrons. The zero-order valence-corrected chi connectivity index (χ0v) is 12.5. The van der Waals surface area contributed by atoms with Crippen molar-refractivity contribution < 1.29 is 0 Å². The van der Waals surface area contributed by atoms with E-state index in [0.717, 1.165) is 17.1 Å². The highest BCUT2D eigenvalue weighted by atomic mass is 32.2. The molecule has 1 saturated carbocycles.